The minimum absolute atomic E-state index is 0.207. The number of nitrogen functional groups attached to an aromatic ring is 1. The molecular formula is C31H36N8. The lowest BCUT2D eigenvalue weighted by Gasteiger charge is -2.34. The van der Waals surface area contributed by atoms with E-state index in [-0.39, 0.29) is 5.95 Å². The van der Waals surface area contributed by atoms with E-state index in [9.17, 15) is 0 Å². The first kappa shape index (κ1) is 24.3. The Morgan fingerprint density at radius 2 is 1.59 bits per heavy atom. The van der Waals surface area contributed by atoms with Crippen molar-refractivity contribution in [1.29, 1.82) is 0 Å². The summed E-state index contributed by atoms with van der Waals surface area (Å²) in [7, 11) is 0. The Bertz CT molecular complexity index is 1490. The molecule has 8 nitrogen and oxygen atoms in total. The third-order valence-electron chi connectivity index (χ3n) is 8.73. The molecule has 1 atom stereocenters. The molecule has 200 valence electrons. The van der Waals surface area contributed by atoms with Gasteiger partial charge in [-0.15, -0.1) is 15.3 Å². The van der Waals surface area contributed by atoms with Crippen LogP contribution in [0.5, 0.6) is 0 Å². The summed E-state index contributed by atoms with van der Waals surface area (Å²) >= 11 is 0. The molecule has 3 aliphatic rings. The Morgan fingerprint density at radius 1 is 0.769 bits per heavy atom. The number of nitrogens with two attached hydrogens (primary N) is 1. The fourth-order valence-electron chi connectivity index (χ4n) is 6.69. The van der Waals surface area contributed by atoms with Gasteiger partial charge in [-0.1, -0.05) is 36.8 Å². The molecule has 2 aromatic carbocycles. The molecule has 1 unspecified atom stereocenters. The molecule has 4 aromatic rings. The quantitative estimate of drug-likeness (QED) is 0.354. The van der Waals surface area contributed by atoms with Crippen molar-refractivity contribution in [2.75, 3.05) is 24.1 Å². The molecule has 0 radical (unpaired) electrons. The van der Waals surface area contributed by atoms with Crippen molar-refractivity contribution in [3.8, 4) is 17.1 Å². The number of nitrogens with zero attached hydrogens (tertiary/aromatic N) is 6. The van der Waals surface area contributed by atoms with E-state index >= 15 is 0 Å². The molecular weight excluding hydrogens is 484 g/mol. The fourth-order valence-corrected chi connectivity index (χ4v) is 6.69. The van der Waals surface area contributed by atoms with E-state index in [1.807, 2.05) is 0 Å². The van der Waals surface area contributed by atoms with Crippen LogP contribution in [-0.4, -0.2) is 49.0 Å². The van der Waals surface area contributed by atoms with Gasteiger partial charge in [-0.3, -0.25) is 0 Å². The van der Waals surface area contributed by atoms with E-state index in [1.54, 1.807) is 4.68 Å². The highest BCUT2D eigenvalue weighted by Crippen LogP contribution is 2.32. The van der Waals surface area contributed by atoms with Gasteiger partial charge in [0.15, 0.2) is 5.82 Å². The van der Waals surface area contributed by atoms with Crippen molar-refractivity contribution in [1.82, 2.24) is 29.9 Å². The highest BCUT2D eigenvalue weighted by atomic mass is 15.5. The first-order chi connectivity index (χ1) is 19.2. The SMILES string of the molecule is Nc1nc(Nc2ccc3c(c2)CCC(N2CCCCC2)CC3)n(-c2cc3c(nn2)-c2ccccc2CCC3)n1. The van der Waals surface area contributed by atoms with Crippen LogP contribution in [-0.2, 0) is 25.7 Å². The van der Waals surface area contributed by atoms with Crippen molar-refractivity contribution >= 4 is 17.6 Å². The van der Waals surface area contributed by atoms with Gasteiger partial charge < -0.3 is 16.0 Å². The molecule has 39 heavy (non-hydrogen) atoms. The molecule has 0 spiro atoms. The first-order valence-electron chi connectivity index (χ1n) is 14.5. The minimum Gasteiger partial charge on any atom is -0.366 e. The third kappa shape index (κ3) is 4.89. The summed E-state index contributed by atoms with van der Waals surface area (Å²) in [6.07, 6.45) is 11.9. The van der Waals surface area contributed by atoms with Gasteiger partial charge in [0.25, 0.3) is 0 Å². The lowest BCUT2D eigenvalue weighted by atomic mass is 10.0. The molecule has 2 aromatic heterocycles. The number of fused-ring (bicyclic) bond motifs is 4. The van der Waals surface area contributed by atoms with E-state index in [0.29, 0.717) is 17.8 Å². The Balaban J connectivity index is 1.13. The zero-order valence-corrected chi connectivity index (χ0v) is 22.4. The number of likely N-dealkylation sites (tertiary alicyclic amines) is 1. The fraction of sp³-hybridized carbons (Fsp3) is 0.419. The van der Waals surface area contributed by atoms with Crippen LogP contribution < -0.4 is 11.1 Å². The van der Waals surface area contributed by atoms with Crippen molar-refractivity contribution in [3.05, 3.63) is 70.8 Å². The molecule has 7 rings (SSSR count). The number of piperidine rings is 1. The van der Waals surface area contributed by atoms with Crippen LogP contribution in [0.15, 0.2) is 48.5 Å². The molecule has 1 saturated heterocycles. The lowest BCUT2D eigenvalue weighted by Crippen LogP contribution is -2.39. The molecule has 0 amide bonds. The van der Waals surface area contributed by atoms with Crippen molar-refractivity contribution in [3.63, 3.8) is 0 Å². The Labute approximate surface area is 229 Å². The number of aryl methyl sites for hydroxylation is 4. The largest absolute Gasteiger partial charge is 0.366 e. The number of hydrogen-bond acceptors (Lipinski definition) is 7. The standard InChI is InChI=1S/C31H36N8/c32-30-34-31(33-25-14-11-21-12-15-26(16-13-23(21)19-25)38-17-4-1-5-18-38)39(37-30)28-20-24-9-6-8-22-7-2-3-10-27(22)29(24)36-35-28/h2-3,7,10-11,14,19-20,26H,1,4-6,8-9,12-13,15-18H2,(H3,32,33,34,37). The number of anilines is 3. The van der Waals surface area contributed by atoms with Gasteiger partial charge in [0.05, 0.1) is 5.69 Å². The monoisotopic (exact) mass is 520 g/mol. The van der Waals surface area contributed by atoms with Crippen LogP contribution in [0.1, 0.15) is 60.8 Å². The van der Waals surface area contributed by atoms with Gasteiger partial charge in [-0.2, -0.15) is 9.67 Å². The van der Waals surface area contributed by atoms with Gasteiger partial charge in [0, 0.05) is 17.3 Å². The summed E-state index contributed by atoms with van der Waals surface area (Å²) in [6, 6.07) is 18.0. The number of nitrogens with one attached hydrogen (secondary N) is 1. The molecule has 0 bridgehead atoms. The van der Waals surface area contributed by atoms with E-state index in [1.165, 1.54) is 73.0 Å². The number of rotatable bonds is 4. The molecule has 1 fully saturated rings. The first-order valence-corrected chi connectivity index (χ1v) is 14.5. The van der Waals surface area contributed by atoms with E-state index in [0.717, 1.165) is 43.5 Å². The molecule has 3 heterocycles. The summed E-state index contributed by atoms with van der Waals surface area (Å²) < 4.78 is 1.68. The average molecular weight is 521 g/mol. The smallest absolute Gasteiger partial charge is 0.241 e. The average Bonchev–Trinajstić information content (AvgIpc) is 3.12. The predicted octanol–water partition coefficient (Wildman–Crippen LogP) is 5.27. The van der Waals surface area contributed by atoms with Crippen LogP contribution in [0.2, 0.25) is 0 Å². The van der Waals surface area contributed by atoms with Gasteiger partial charge in [-0.25, -0.2) is 0 Å². The lowest BCUT2D eigenvalue weighted by molar-refractivity contribution is 0.150. The second kappa shape index (κ2) is 10.4. The summed E-state index contributed by atoms with van der Waals surface area (Å²) in [5.74, 6) is 1.38. The predicted molar refractivity (Wildman–Crippen MR) is 154 cm³/mol. The minimum atomic E-state index is 0.207. The maximum Gasteiger partial charge on any atom is 0.241 e. The molecule has 0 saturated carbocycles. The van der Waals surface area contributed by atoms with Gasteiger partial charge in [-0.05, 0) is 111 Å². The van der Waals surface area contributed by atoms with Crippen molar-refractivity contribution in [2.45, 2.75) is 70.3 Å². The summed E-state index contributed by atoms with van der Waals surface area (Å²) in [6.45, 7) is 2.53. The number of aromatic nitrogens is 5. The summed E-state index contributed by atoms with van der Waals surface area (Å²) in [5, 5.41) is 17.2. The van der Waals surface area contributed by atoms with Gasteiger partial charge in [0.1, 0.15) is 0 Å². The van der Waals surface area contributed by atoms with E-state index < -0.39 is 0 Å². The molecule has 2 aliphatic carbocycles. The number of benzene rings is 2. The third-order valence-corrected chi connectivity index (χ3v) is 8.73. The zero-order chi connectivity index (χ0) is 26.2. The topological polar surface area (TPSA) is 97.8 Å². The highest BCUT2D eigenvalue weighted by Gasteiger charge is 2.24. The summed E-state index contributed by atoms with van der Waals surface area (Å²) in [5.41, 5.74) is 14.6. The van der Waals surface area contributed by atoms with Crippen molar-refractivity contribution < 1.29 is 0 Å². The van der Waals surface area contributed by atoms with E-state index in [4.69, 9.17) is 5.73 Å². The second-order valence-corrected chi connectivity index (χ2v) is 11.2. The maximum absolute atomic E-state index is 6.08. The Kier molecular flexibility index (Phi) is 6.48. The highest BCUT2D eigenvalue weighted by molar-refractivity contribution is 5.68. The molecule has 8 heteroatoms. The summed E-state index contributed by atoms with van der Waals surface area (Å²) in [4.78, 5) is 7.23. The van der Waals surface area contributed by atoms with Crippen LogP contribution in [0.3, 0.4) is 0 Å². The Morgan fingerprint density at radius 3 is 2.49 bits per heavy atom. The van der Waals surface area contributed by atoms with Crippen LogP contribution in [0.25, 0.3) is 17.1 Å². The normalized spacial score (nSPS) is 19.3. The zero-order valence-electron chi connectivity index (χ0n) is 22.4. The van der Waals surface area contributed by atoms with E-state index in [2.05, 4.69) is 79.0 Å². The molecule has 3 N–H and O–H groups in total. The Hall–Kier alpha value is -3.78. The second-order valence-electron chi connectivity index (χ2n) is 11.2. The van der Waals surface area contributed by atoms with Crippen LogP contribution in [0.4, 0.5) is 17.6 Å². The van der Waals surface area contributed by atoms with Gasteiger partial charge >= 0.3 is 0 Å². The van der Waals surface area contributed by atoms with Crippen LogP contribution in [0, 0.1) is 0 Å². The maximum atomic E-state index is 6.08. The van der Waals surface area contributed by atoms with Crippen LogP contribution >= 0.6 is 0 Å². The van der Waals surface area contributed by atoms with Gasteiger partial charge in [0.2, 0.25) is 11.9 Å². The molecule has 1 aliphatic heterocycles. The number of hydrogen-bond donors (Lipinski definition) is 2. The van der Waals surface area contributed by atoms with Crippen molar-refractivity contribution in [2.24, 2.45) is 0 Å².